The van der Waals surface area contributed by atoms with Gasteiger partial charge in [0.2, 0.25) is 12.2 Å². The second-order valence-corrected chi connectivity index (χ2v) is 28.1. The van der Waals surface area contributed by atoms with Crippen molar-refractivity contribution in [2.75, 3.05) is 19.8 Å². The zero-order valence-corrected chi connectivity index (χ0v) is 50.1. The number of aliphatic hydroxyl groups excluding tert-OH is 8. The maximum absolute atomic E-state index is 15.7. The molecule has 3 saturated heterocycles. The summed E-state index contributed by atoms with van der Waals surface area (Å²) in [4.78, 5) is 54.8. The zero-order chi connectivity index (χ0) is 58.8. The number of ether oxygens (including phenoxy) is 6. The van der Waals surface area contributed by atoms with Crippen LogP contribution in [0.3, 0.4) is 0 Å². The number of esters is 1. The van der Waals surface area contributed by atoms with Gasteiger partial charge in [0, 0.05) is 22.1 Å². The Kier molecular flexibility index (Phi) is 18.7. The lowest BCUT2D eigenvalue weighted by molar-refractivity contribution is -0.369. The van der Waals surface area contributed by atoms with Gasteiger partial charge in [0.05, 0.1) is 42.3 Å². The maximum atomic E-state index is 15.7. The second kappa shape index (κ2) is 24.2. The van der Waals surface area contributed by atoms with Gasteiger partial charge in [-0.1, -0.05) is 59.6 Å². The Balaban J connectivity index is 0.949. The van der Waals surface area contributed by atoms with Crippen molar-refractivity contribution in [2.45, 2.75) is 230 Å². The number of unbranched alkanes of at least 4 members (excludes halogenated alkanes) is 2. The first-order valence-corrected chi connectivity index (χ1v) is 30.6. The molecule has 0 radical (unpaired) electrons. The lowest BCUT2D eigenvalue weighted by atomic mass is 9.33. The molecule has 0 spiro atoms. The molecule has 0 aromatic heterocycles. The summed E-state index contributed by atoms with van der Waals surface area (Å²) in [5, 5.41) is 94.4. The lowest BCUT2D eigenvalue weighted by Crippen LogP contribution is -2.68. The van der Waals surface area contributed by atoms with E-state index in [1.807, 2.05) is 19.1 Å². The van der Waals surface area contributed by atoms with Gasteiger partial charge in [0.15, 0.2) is 18.7 Å². The molecule has 3 heterocycles. The molecule has 1 aromatic carbocycles. The summed E-state index contributed by atoms with van der Waals surface area (Å²) in [6.07, 6.45) is -9.67. The molecule has 5 aliphatic carbocycles. The second-order valence-electron chi connectivity index (χ2n) is 26.8. The van der Waals surface area contributed by atoms with Crippen LogP contribution in [0.4, 0.5) is 0 Å². The topological polar surface area (TPSA) is 310 Å². The Labute approximate surface area is 488 Å². The molecule has 23 atom stereocenters. The van der Waals surface area contributed by atoms with Gasteiger partial charge in [-0.05, 0) is 170 Å². The Bertz CT molecular complexity index is 2470. The minimum absolute atomic E-state index is 0.0111. The van der Waals surface area contributed by atoms with Crippen molar-refractivity contribution in [1.82, 2.24) is 10.6 Å². The molecule has 10 unspecified atom stereocenters. The number of carbonyl (C=O) groups excluding carboxylic acids is 4. The number of fused-ring (bicyclic) bond motifs is 7. The molecular formula is C60H89IN2O18. The lowest BCUT2D eigenvalue weighted by Gasteiger charge is -2.71. The number of halogens is 1. The number of amides is 2. The molecule has 1 aromatic rings. The highest BCUT2D eigenvalue weighted by Gasteiger charge is 2.70. The van der Waals surface area contributed by atoms with Crippen LogP contribution < -0.4 is 10.6 Å². The van der Waals surface area contributed by atoms with Gasteiger partial charge in [0.1, 0.15) is 55.1 Å². The van der Waals surface area contributed by atoms with Crippen LogP contribution in [0.15, 0.2) is 35.9 Å². The van der Waals surface area contributed by atoms with Crippen molar-refractivity contribution in [3.05, 3.63) is 45.0 Å². The van der Waals surface area contributed by atoms with Crippen LogP contribution in [0.1, 0.15) is 149 Å². The van der Waals surface area contributed by atoms with Crippen LogP contribution >= 0.6 is 22.6 Å². The highest BCUT2D eigenvalue weighted by atomic mass is 127. The molecule has 2 amide bonds. The fourth-order valence-electron chi connectivity index (χ4n) is 16.5. The molecule has 454 valence electrons. The maximum Gasteiger partial charge on any atom is 0.315 e. The number of benzene rings is 1. The van der Waals surface area contributed by atoms with Crippen LogP contribution in [0, 0.1) is 53.8 Å². The third kappa shape index (κ3) is 11.5. The molecule has 7 fully saturated rings. The average Bonchev–Trinajstić information content (AvgIpc) is 1.76. The van der Waals surface area contributed by atoms with Crippen LogP contribution in [0.5, 0.6) is 0 Å². The number of hydrogen-bond acceptors (Lipinski definition) is 18. The van der Waals surface area contributed by atoms with E-state index in [0.717, 1.165) is 35.5 Å². The molecule has 9 rings (SSSR count). The largest absolute Gasteiger partial charge is 0.432 e. The van der Waals surface area contributed by atoms with E-state index in [4.69, 9.17) is 28.4 Å². The molecular weight excluding hydrogens is 1160 g/mol. The Morgan fingerprint density at radius 3 is 2.16 bits per heavy atom. The Hall–Kier alpha value is -2.75. The summed E-state index contributed by atoms with van der Waals surface area (Å²) in [5.41, 5.74) is -1.02. The summed E-state index contributed by atoms with van der Waals surface area (Å²) >= 11 is 2.17. The number of aliphatic hydroxyl groups is 8. The van der Waals surface area contributed by atoms with Crippen molar-refractivity contribution >= 4 is 46.7 Å². The summed E-state index contributed by atoms with van der Waals surface area (Å²) in [7, 11) is 0. The van der Waals surface area contributed by atoms with Gasteiger partial charge in [-0.15, -0.1) is 0 Å². The normalized spacial score (nSPS) is 45.6. The number of aldehydes is 1. The van der Waals surface area contributed by atoms with Gasteiger partial charge in [0.25, 0.3) is 5.91 Å². The first-order chi connectivity index (χ1) is 38.2. The zero-order valence-electron chi connectivity index (χ0n) is 47.9. The van der Waals surface area contributed by atoms with Crippen LogP contribution in [-0.4, -0.2) is 177 Å². The fraction of sp³-hybridized carbons (Fsp3) is 0.800. The summed E-state index contributed by atoms with van der Waals surface area (Å²) in [5.74, 6) is -1.29. The first-order valence-electron chi connectivity index (χ1n) is 29.5. The minimum atomic E-state index is -1.91. The molecule has 8 aliphatic rings. The van der Waals surface area contributed by atoms with E-state index >= 15 is 4.79 Å². The van der Waals surface area contributed by atoms with E-state index < -0.39 is 121 Å². The van der Waals surface area contributed by atoms with Crippen molar-refractivity contribution in [1.29, 1.82) is 0 Å². The molecule has 21 heteroatoms. The highest BCUT2D eigenvalue weighted by molar-refractivity contribution is 14.1. The number of rotatable bonds is 16. The molecule has 10 N–H and O–H groups in total. The van der Waals surface area contributed by atoms with E-state index in [-0.39, 0.29) is 58.3 Å². The monoisotopic (exact) mass is 1250 g/mol. The Morgan fingerprint density at radius 1 is 0.765 bits per heavy atom. The van der Waals surface area contributed by atoms with Gasteiger partial charge >= 0.3 is 5.97 Å². The number of hydrogen-bond donors (Lipinski definition) is 10. The van der Waals surface area contributed by atoms with E-state index in [0.29, 0.717) is 69.9 Å². The third-order valence-corrected chi connectivity index (χ3v) is 22.4. The van der Waals surface area contributed by atoms with Crippen molar-refractivity contribution in [3.8, 4) is 0 Å². The van der Waals surface area contributed by atoms with Crippen molar-refractivity contribution in [2.24, 2.45) is 50.2 Å². The van der Waals surface area contributed by atoms with Crippen LogP contribution in [-0.2, 0) is 42.8 Å². The van der Waals surface area contributed by atoms with Crippen molar-refractivity contribution < 1.29 is 88.5 Å². The summed E-state index contributed by atoms with van der Waals surface area (Å²) < 4.78 is 37.7. The van der Waals surface area contributed by atoms with E-state index in [1.54, 1.807) is 12.1 Å². The van der Waals surface area contributed by atoms with Crippen molar-refractivity contribution in [3.63, 3.8) is 0 Å². The highest BCUT2D eigenvalue weighted by Crippen LogP contribution is 2.76. The average molecular weight is 1250 g/mol. The third-order valence-electron chi connectivity index (χ3n) is 21.7. The quantitative estimate of drug-likeness (QED) is 0.0371. The predicted octanol–water partition coefficient (Wildman–Crippen LogP) is 3.71. The van der Waals surface area contributed by atoms with Crippen LogP contribution in [0.25, 0.3) is 0 Å². The van der Waals surface area contributed by atoms with Gasteiger partial charge in [-0.25, -0.2) is 0 Å². The molecule has 20 nitrogen and oxygen atoms in total. The molecule has 0 bridgehead atoms. The standard InChI is InChI=1S/C60H89IN2O18/c1-31-48(79-51-46(72)43(69)36(66)29-76-51)45(71)47(73)52(77-31)80-49-44(70)42(63-41(68)11-9-8-10-26-62-50(74)32-12-14-33(61)15-13-32)37(28-64)78-53(49)81-54(75)60-24-22-55(2,3)27-35(60)34-16-17-39-56(4)20-19-40(67)57(5,30-65)38(56)18-21-59(39,7)58(34,6)23-25-60/h12-16,30-31,35-40,42-49,51-53,64,66-67,69-73H,8-11,17-29H2,1-7H3,(H,62,74)(H,63,68)/t31-,35?,36-,37-,38?,39?,40+,42+,43?,44?,45?,46?,47?,48+,49?,51+,52+,53+,56?,57-,58-,59-,60+/m1/s1. The number of nitrogens with one attached hydrogen (secondary N) is 2. The molecule has 3 aliphatic heterocycles. The number of allylic oxidation sites excluding steroid dienone is 2. The first kappa shape index (κ1) is 62.8. The van der Waals surface area contributed by atoms with E-state index in [1.165, 1.54) is 12.5 Å². The molecule has 4 saturated carbocycles. The molecule has 81 heavy (non-hydrogen) atoms. The van der Waals surface area contributed by atoms with E-state index in [2.05, 4.69) is 73.9 Å². The fourth-order valence-corrected chi connectivity index (χ4v) is 16.8. The smallest absolute Gasteiger partial charge is 0.315 e. The predicted molar refractivity (Wildman–Crippen MR) is 299 cm³/mol. The van der Waals surface area contributed by atoms with E-state index in [9.17, 15) is 55.2 Å². The van der Waals surface area contributed by atoms with Gasteiger partial charge in [-0.3, -0.25) is 14.4 Å². The number of carbonyl (C=O) groups is 4. The summed E-state index contributed by atoms with van der Waals surface area (Å²) in [6, 6.07) is 5.85. The van der Waals surface area contributed by atoms with Crippen LogP contribution in [0.2, 0.25) is 0 Å². The minimum Gasteiger partial charge on any atom is -0.432 e. The SMILES string of the molecule is C[C@H]1O[C@@H](OC2C(O)[C@@H](NC(=O)CCCCCNC(=O)c3ccc(I)cc3)[C@@H](CO)O[C@H]2OC(=O)[C@]23CCC(C)(C)CC2C2=CCC4C5(C)CC[C@H](O)[C@](C)(C=O)C5CC[C@@]4(C)[C@]2(C)CC3)C(O)C(O)[C@H]1O[C@@H]1OC[C@@H](O)C(O)C1O. The Morgan fingerprint density at radius 2 is 1.46 bits per heavy atom. The van der Waals surface area contributed by atoms with Gasteiger partial charge in [-0.2, -0.15) is 0 Å². The summed E-state index contributed by atoms with van der Waals surface area (Å²) in [6.45, 7) is 14.2. The van der Waals surface area contributed by atoms with Gasteiger partial charge < -0.3 is 84.7 Å².